The first kappa shape index (κ1) is 19.3. The van der Waals surface area contributed by atoms with Crippen LogP contribution in [0.15, 0.2) is 48.5 Å². The first-order valence-corrected chi connectivity index (χ1v) is 7.66. The molecular weight excluding hydrogens is 349 g/mol. The SMILES string of the molecule is COc1ccccc1CC(=O)Nc1ccccc1C(=O)NCC(F)(F)F. The molecular formula is C18H17F3N2O3. The van der Waals surface area contributed by atoms with E-state index in [1.807, 2.05) is 0 Å². The van der Waals surface area contributed by atoms with Crippen LogP contribution in [0.1, 0.15) is 15.9 Å². The lowest BCUT2D eigenvalue weighted by Crippen LogP contribution is -2.34. The smallest absolute Gasteiger partial charge is 0.405 e. The number of methoxy groups -OCH3 is 1. The van der Waals surface area contributed by atoms with Crippen LogP contribution in [-0.4, -0.2) is 31.6 Å². The number of nitrogens with one attached hydrogen (secondary N) is 2. The first-order valence-electron chi connectivity index (χ1n) is 7.66. The van der Waals surface area contributed by atoms with Crippen molar-refractivity contribution < 1.29 is 27.5 Å². The van der Waals surface area contributed by atoms with E-state index >= 15 is 0 Å². The second kappa shape index (κ2) is 8.37. The van der Waals surface area contributed by atoms with Gasteiger partial charge in [-0.2, -0.15) is 13.2 Å². The highest BCUT2D eigenvalue weighted by atomic mass is 19.4. The van der Waals surface area contributed by atoms with Gasteiger partial charge in [-0.05, 0) is 18.2 Å². The number of para-hydroxylation sites is 2. The van der Waals surface area contributed by atoms with Crippen LogP contribution in [-0.2, 0) is 11.2 Å². The third kappa shape index (κ3) is 5.51. The molecule has 0 saturated carbocycles. The lowest BCUT2D eigenvalue weighted by Gasteiger charge is -2.13. The van der Waals surface area contributed by atoms with E-state index in [9.17, 15) is 22.8 Å². The number of carbonyl (C=O) groups excluding carboxylic acids is 2. The van der Waals surface area contributed by atoms with Gasteiger partial charge in [0.05, 0.1) is 24.8 Å². The number of carbonyl (C=O) groups is 2. The number of hydrogen-bond donors (Lipinski definition) is 2. The molecule has 0 radical (unpaired) electrons. The van der Waals surface area contributed by atoms with Gasteiger partial charge in [-0.3, -0.25) is 9.59 Å². The van der Waals surface area contributed by atoms with Gasteiger partial charge in [0.25, 0.3) is 5.91 Å². The van der Waals surface area contributed by atoms with Crippen molar-refractivity contribution in [3.05, 3.63) is 59.7 Å². The Morgan fingerprint density at radius 2 is 1.69 bits per heavy atom. The van der Waals surface area contributed by atoms with Gasteiger partial charge in [-0.15, -0.1) is 0 Å². The van der Waals surface area contributed by atoms with Gasteiger partial charge in [0.2, 0.25) is 5.91 Å². The lowest BCUT2D eigenvalue weighted by molar-refractivity contribution is -0.123. The van der Waals surface area contributed by atoms with Gasteiger partial charge >= 0.3 is 6.18 Å². The van der Waals surface area contributed by atoms with Crippen molar-refractivity contribution in [1.29, 1.82) is 0 Å². The van der Waals surface area contributed by atoms with Crippen molar-refractivity contribution in [2.45, 2.75) is 12.6 Å². The Morgan fingerprint density at radius 1 is 1.04 bits per heavy atom. The molecule has 5 nitrogen and oxygen atoms in total. The summed E-state index contributed by atoms with van der Waals surface area (Å²) >= 11 is 0. The van der Waals surface area contributed by atoms with E-state index in [0.717, 1.165) is 0 Å². The highest BCUT2D eigenvalue weighted by Crippen LogP contribution is 2.20. The van der Waals surface area contributed by atoms with Crippen molar-refractivity contribution in [1.82, 2.24) is 5.32 Å². The summed E-state index contributed by atoms with van der Waals surface area (Å²) in [5.41, 5.74) is 0.726. The summed E-state index contributed by atoms with van der Waals surface area (Å²) in [7, 11) is 1.48. The van der Waals surface area contributed by atoms with Gasteiger partial charge in [-0.1, -0.05) is 30.3 Å². The fourth-order valence-corrected chi connectivity index (χ4v) is 2.28. The zero-order chi connectivity index (χ0) is 19.2. The van der Waals surface area contributed by atoms with E-state index in [2.05, 4.69) is 5.32 Å². The first-order chi connectivity index (χ1) is 12.3. The molecule has 0 bridgehead atoms. The van der Waals surface area contributed by atoms with E-state index in [1.54, 1.807) is 35.6 Å². The van der Waals surface area contributed by atoms with Crippen molar-refractivity contribution in [3.63, 3.8) is 0 Å². The van der Waals surface area contributed by atoms with Crippen molar-refractivity contribution in [2.24, 2.45) is 0 Å². The van der Waals surface area contributed by atoms with Crippen LogP contribution in [0.3, 0.4) is 0 Å². The molecule has 2 amide bonds. The number of hydrogen-bond acceptors (Lipinski definition) is 3. The maximum atomic E-state index is 12.3. The molecule has 0 aliphatic heterocycles. The van der Waals surface area contributed by atoms with Crippen LogP contribution in [0, 0.1) is 0 Å². The Bertz CT molecular complexity index is 791. The van der Waals surface area contributed by atoms with E-state index < -0.39 is 24.5 Å². The Hall–Kier alpha value is -3.03. The third-order valence-electron chi connectivity index (χ3n) is 3.44. The monoisotopic (exact) mass is 366 g/mol. The molecule has 0 heterocycles. The van der Waals surface area contributed by atoms with E-state index in [-0.39, 0.29) is 17.7 Å². The van der Waals surface area contributed by atoms with Gasteiger partial charge < -0.3 is 15.4 Å². The second-order valence-electron chi connectivity index (χ2n) is 5.38. The van der Waals surface area contributed by atoms with Crippen molar-refractivity contribution >= 4 is 17.5 Å². The molecule has 0 fully saturated rings. The molecule has 2 N–H and O–H groups in total. The molecule has 0 aromatic heterocycles. The molecule has 2 aromatic rings. The maximum absolute atomic E-state index is 12.3. The average Bonchev–Trinajstić information content (AvgIpc) is 2.60. The molecule has 0 saturated heterocycles. The highest BCUT2D eigenvalue weighted by molar-refractivity contribution is 6.04. The second-order valence-corrected chi connectivity index (χ2v) is 5.38. The van der Waals surface area contributed by atoms with Crippen molar-refractivity contribution in [3.8, 4) is 5.75 Å². The Labute approximate surface area is 148 Å². The van der Waals surface area contributed by atoms with Crippen LogP contribution in [0.2, 0.25) is 0 Å². The number of benzene rings is 2. The summed E-state index contributed by atoms with van der Waals surface area (Å²) in [4.78, 5) is 24.2. The average molecular weight is 366 g/mol. The number of ether oxygens (including phenoxy) is 1. The summed E-state index contributed by atoms with van der Waals surface area (Å²) in [5.74, 6) is -0.806. The summed E-state index contributed by atoms with van der Waals surface area (Å²) in [5, 5.41) is 4.34. The molecule has 26 heavy (non-hydrogen) atoms. The minimum Gasteiger partial charge on any atom is -0.496 e. The predicted molar refractivity (Wildman–Crippen MR) is 90.2 cm³/mol. The van der Waals surface area contributed by atoms with Gasteiger partial charge in [-0.25, -0.2) is 0 Å². The molecule has 0 unspecified atom stereocenters. The van der Waals surface area contributed by atoms with E-state index in [0.29, 0.717) is 11.3 Å². The highest BCUT2D eigenvalue weighted by Gasteiger charge is 2.28. The van der Waals surface area contributed by atoms with Crippen LogP contribution in [0.4, 0.5) is 18.9 Å². The zero-order valence-electron chi connectivity index (χ0n) is 13.9. The molecule has 0 atom stereocenters. The number of rotatable bonds is 6. The van der Waals surface area contributed by atoms with Crippen LogP contribution in [0.5, 0.6) is 5.75 Å². The zero-order valence-corrected chi connectivity index (χ0v) is 13.9. The maximum Gasteiger partial charge on any atom is 0.405 e. The summed E-state index contributed by atoms with van der Waals surface area (Å²) in [6.07, 6.45) is -4.53. The summed E-state index contributed by atoms with van der Waals surface area (Å²) in [6, 6.07) is 12.8. The number of amides is 2. The quantitative estimate of drug-likeness (QED) is 0.825. The fraction of sp³-hybridized carbons (Fsp3) is 0.222. The third-order valence-corrected chi connectivity index (χ3v) is 3.44. The van der Waals surface area contributed by atoms with Crippen LogP contribution < -0.4 is 15.4 Å². The molecule has 0 aliphatic carbocycles. The Kier molecular flexibility index (Phi) is 6.21. The van der Waals surface area contributed by atoms with E-state index in [1.165, 1.54) is 25.3 Å². The molecule has 138 valence electrons. The summed E-state index contributed by atoms with van der Waals surface area (Å²) in [6.45, 7) is -1.45. The van der Waals surface area contributed by atoms with Crippen molar-refractivity contribution in [2.75, 3.05) is 19.0 Å². The molecule has 2 rings (SSSR count). The topological polar surface area (TPSA) is 67.4 Å². The fourth-order valence-electron chi connectivity index (χ4n) is 2.28. The number of halogens is 3. The lowest BCUT2D eigenvalue weighted by atomic mass is 10.1. The Balaban J connectivity index is 2.09. The standard InChI is InChI=1S/C18H17F3N2O3/c1-26-15-9-5-2-6-12(15)10-16(24)23-14-8-4-3-7-13(14)17(25)22-11-18(19,20)21/h2-9H,10-11H2,1H3,(H,22,25)(H,23,24). The van der Waals surface area contributed by atoms with E-state index in [4.69, 9.17) is 4.74 Å². The van der Waals surface area contributed by atoms with Gasteiger partial charge in [0.1, 0.15) is 12.3 Å². The normalized spacial score (nSPS) is 10.9. The van der Waals surface area contributed by atoms with Crippen LogP contribution in [0.25, 0.3) is 0 Å². The van der Waals surface area contributed by atoms with Crippen LogP contribution >= 0.6 is 0 Å². The van der Waals surface area contributed by atoms with Gasteiger partial charge in [0.15, 0.2) is 0 Å². The molecule has 0 spiro atoms. The minimum atomic E-state index is -4.52. The molecule has 2 aromatic carbocycles. The summed E-state index contributed by atoms with van der Waals surface area (Å²) < 4.78 is 42.0. The number of alkyl halides is 3. The minimum absolute atomic E-state index is 0.0114. The number of anilines is 1. The largest absolute Gasteiger partial charge is 0.496 e. The Morgan fingerprint density at radius 3 is 2.38 bits per heavy atom. The predicted octanol–water partition coefficient (Wildman–Crippen LogP) is 3.17. The molecule has 0 aliphatic rings. The van der Waals surface area contributed by atoms with Gasteiger partial charge in [0, 0.05) is 5.56 Å². The molecule has 8 heteroatoms.